The average Bonchev–Trinajstić information content (AvgIpc) is 3.67. The zero-order chi connectivity index (χ0) is 42.8. The maximum atomic E-state index is 12.7. The van der Waals surface area contributed by atoms with E-state index >= 15 is 0 Å². The van der Waals surface area contributed by atoms with Gasteiger partial charge in [-0.25, -0.2) is 28.6 Å². The maximum Gasteiger partial charge on any atom is 0.481 e. The van der Waals surface area contributed by atoms with Crippen molar-refractivity contribution in [3.05, 3.63) is 12.7 Å². The minimum Gasteiger partial charge on any atom is -0.393 e. The van der Waals surface area contributed by atoms with Crippen LogP contribution in [0, 0.1) is 5.41 Å². The zero-order valence-electron chi connectivity index (χ0n) is 30.5. The van der Waals surface area contributed by atoms with Gasteiger partial charge in [0.2, 0.25) is 11.8 Å². The van der Waals surface area contributed by atoms with Gasteiger partial charge in [0.25, 0.3) is 0 Å². The molecule has 0 spiro atoms. The number of carbonyl (C=O) groups is 3. The minimum absolute atomic E-state index is 0.0244. The highest BCUT2D eigenvalue weighted by Gasteiger charge is 2.50. The third kappa shape index (κ3) is 15.5. The number of fused-ring (bicyclic) bond motifs is 1. The van der Waals surface area contributed by atoms with Gasteiger partial charge in [-0.15, -0.1) is 0 Å². The van der Waals surface area contributed by atoms with Gasteiger partial charge < -0.3 is 61.7 Å². The Hall–Kier alpha value is -2.52. The fourth-order valence-corrected chi connectivity index (χ4v) is 8.57. The average molecular weight is 897 g/mol. The first-order valence-corrected chi connectivity index (χ1v) is 22.4. The van der Waals surface area contributed by atoms with Crippen LogP contribution in [0.25, 0.3) is 11.2 Å². The van der Waals surface area contributed by atoms with Crippen LogP contribution in [0.2, 0.25) is 0 Å². The number of phosphoric acid groups is 3. The number of anilines is 1. The van der Waals surface area contributed by atoms with Crippen LogP contribution in [0.3, 0.4) is 0 Å². The molecule has 1 saturated heterocycles. The van der Waals surface area contributed by atoms with Gasteiger partial charge in [-0.05, 0) is 19.4 Å². The van der Waals surface area contributed by atoms with Gasteiger partial charge in [-0.3, -0.25) is 32.5 Å². The molecule has 0 aromatic carbocycles. The van der Waals surface area contributed by atoms with Gasteiger partial charge in [0.1, 0.15) is 36.3 Å². The van der Waals surface area contributed by atoms with Crippen molar-refractivity contribution >= 4 is 69.1 Å². The molecule has 4 unspecified atom stereocenters. The third-order valence-electron chi connectivity index (χ3n) is 7.91. The Labute approximate surface area is 328 Å². The molecule has 57 heavy (non-hydrogen) atoms. The highest BCUT2D eigenvalue weighted by molar-refractivity contribution is 8.13. The molecule has 0 radical (unpaired) electrons. The molecule has 324 valence electrons. The minimum atomic E-state index is -5.58. The molecular formula is C27H47N8O18P3S. The number of carbonyl (C=O) groups excluding carboxylic acids is 3. The van der Waals surface area contributed by atoms with E-state index in [0.717, 1.165) is 29.0 Å². The van der Waals surface area contributed by atoms with Crippen molar-refractivity contribution in [2.75, 3.05) is 44.3 Å². The van der Waals surface area contributed by atoms with Crippen LogP contribution in [-0.2, 0) is 50.7 Å². The number of nitrogen functional groups attached to an aromatic ring is 1. The highest BCUT2D eigenvalue weighted by atomic mass is 32.2. The summed E-state index contributed by atoms with van der Waals surface area (Å²) in [7, 11) is -16.4. The molecule has 13 N–H and O–H groups in total. The van der Waals surface area contributed by atoms with E-state index in [1.54, 1.807) is 0 Å². The Balaban J connectivity index is 1.46. The topological polar surface area (TPSA) is 410 Å². The second-order valence-corrected chi connectivity index (χ2v) is 18.5. The number of hydrogen-bond donors (Lipinski definition) is 11. The fraction of sp³-hybridized carbons (Fsp3) is 0.704. The Morgan fingerprint density at radius 1 is 1.05 bits per heavy atom. The fourth-order valence-electron chi connectivity index (χ4n) is 5.00. The number of nitrogens with zero attached hydrogens (tertiary/aromatic N) is 4. The number of nitrogens with one attached hydrogen (secondary N) is 2. The molecule has 1 aliphatic heterocycles. The van der Waals surface area contributed by atoms with E-state index in [2.05, 4.69) is 34.4 Å². The van der Waals surface area contributed by atoms with Crippen LogP contribution in [0.4, 0.5) is 5.82 Å². The number of amides is 2. The number of phosphoric ester groups is 3. The number of thioether (sulfide) groups is 1. The standard InChI is InChI=1S/C27H47N8O18P3S/c1-27(2,22(40)25(41)31-7-5-17(37)30-8-9-57-18(38)10-15(36)4-3-6-28)12-50-56(47,48)53-55(45,46)49-11-16-21(52-54(42,43)44)20(39)26(51-16)35-14-34-19-23(29)32-13-33-24(19)35/h13-16,20-22,26,36,39-40H,3-12,28H2,1-2H3,(H,30,37)(H,31,41)(H,45,46)(H,47,48)(H2,29,32,33)(H2,42,43,44)/t15?,16-,20-,21-,22?,26-/m1/s1. The van der Waals surface area contributed by atoms with Crippen molar-refractivity contribution in [1.82, 2.24) is 30.2 Å². The van der Waals surface area contributed by atoms with Crippen molar-refractivity contribution < 1.29 is 85.6 Å². The number of aliphatic hydroxyl groups excluding tert-OH is 3. The molecule has 2 aromatic rings. The molecule has 0 bridgehead atoms. The summed E-state index contributed by atoms with van der Waals surface area (Å²) in [5.41, 5.74) is 9.60. The van der Waals surface area contributed by atoms with Crippen LogP contribution in [0.5, 0.6) is 0 Å². The van der Waals surface area contributed by atoms with Crippen LogP contribution in [0.15, 0.2) is 12.7 Å². The van der Waals surface area contributed by atoms with Gasteiger partial charge in [-0.2, -0.15) is 4.31 Å². The SMILES string of the molecule is CC(C)(COP(=O)(O)OP(=O)(O)OC[C@H]1O[C@@H](n2cnc3c(N)ncnc32)[C@H](O)[C@@H]1OP(=O)(O)O)C(O)C(=O)NCCC(=O)NCCSC(=O)CC(O)CCCN. The van der Waals surface area contributed by atoms with Crippen molar-refractivity contribution in [1.29, 1.82) is 0 Å². The van der Waals surface area contributed by atoms with Crippen LogP contribution in [-0.4, -0.2) is 140 Å². The first-order valence-electron chi connectivity index (χ1n) is 16.9. The summed E-state index contributed by atoms with van der Waals surface area (Å²) >= 11 is 0.941. The first-order chi connectivity index (χ1) is 26.4. The molecular weight excluding hydrogens is 849 g/mol. The predicted molar refractivity (Wildman–Crippen MR) is 196 cm³/mol. The number of ether oxygens (including phenoxy) is 1. The number of hydrogen-bond acceptors (Lipinski definition) is 20. The van der Waals surface area contributed by atoms with Crippen molar-refractivity contribution in [2.24, 2.45) is 11.1 Å². The summed E-state index contributed by atoms with van der Waals surface area (Å²) in [6, 6.07) is 0. The molecule has 30 heteroatoms. The Morgan fingerprint density at radius 2 is 1.74 bits per heavy atom. The normalized spacial score (nSPS) is 22.1. The lowest BCUT2D eigenvalue weighted by molar-refractivity contribution is -0.137. The molecule has 3 rings (SSSR count). The van der Waals surface area contributed by atoms with Crippen LogP contribution >= 0.6 is 35.2 Å². The molecule has 1 fully saturated rings. The third-order valence-corrected chi connectivity index (χ3v) is 11.9. The molecule has 2 amide bonds. The van der Waals surface area contributed by atoms with Gasteiger partial charge in [0.15, 0.2) is 22.8 Å². The van der Waals surface area contributed by atoms with Crippen molar-refractivity contribution in [3.63, 3.8) is 0 Å². The van der Waals surface area contributed by atoms with Crippen molar-refractivity contribution in [3.8, 4) is 0 Å². The van der Waals surface area contributed by atoms with E-state index in [9.17, 15) is 63.0 Å². The largest absolute Gasteiger partial charge is 0.481 e. The lowest BCUT2D eigenvalue weighted by Gasteiger charge is -2.30. The number of rotatable bonds is 24. The molecule has 3 heterocycles. The first kappa shape index (κ1) is 48.8. The summed E-state index contributed by atoms with van der Waals surface area (Å²) in [4.78, 5) is 87.4. The van der Waals surface area contributed by atoms with Gasteiger partial charge in [-0.1, -0.05) is 25.6 Å². The van der Waals surface area contributed by atoms with E-state index < -0.39 is 90.7 Å². The molecule has 26 nitrogen and oxygen atoms in total. The lowest BCUT2D eigenvalue weighted by Crippen LogP contribution is -2.46. The summed E-state index contributed by atoms with van der Waals surface area (Å²) < 4.78 is 62.0. The number of aromatic nitrogens is 4. The Morgan fingerprint density at radius 3 is 2.40 bits per heavy atom. The Kier molecular flexibility index (Phi) is 18.1. The van der Waals surface area contributed by atoms with E-state index in [1.165, 1.54) is 13.8 Å². The van der Waals surface area contributed by atoms with E-state index in [-0.39, 0.29) is 53.8 Å². The number of nitrogens with two attached hydrogens (primary N) is 2. The van der Waals surface area contributed by atoms with Crippen LogP contribution in [0.1, 0.15) is 45.8 Å². The predicted octanol–water partition coefficient (Wildman–Crippen LogP) is -1.85. The quantitative estimate of drug-likeness (QED) is 0.0407. The zero-order valence-corrected chi connectivity index (χ0v) is 34.0. The van der Waals surface area contributed by atoms with Gasteiger partial charge in [0.05, 0.1) is 25.6 Å². The van der Waals surface area contributed by atoms with E-state index in [1.807, 2.05) is 0 Å². The number of imidazole rings is 1. The smallest absolute Gasteiger partial charge is 0.393 e. The molecule has 0 aliphatic carbocycles. The lowest BCUT2D eigenvalue weighted by atomic mass is 9.87. The molecule has 2 aromatic heterocycles. The summed E-state index contributed by atoms with van der Waals surface area (Å²) in [6.07, 6.45) is -6.86. The van der Waals surface area contributed by atoms with E-state index in [0.29, 0.717) is 19.4 Å². The highest BCUT2D eigenvalue weighted by Crippen LogP contribution is 2.61. The monoisotopic (exact) mass is 896 g/mol. The van der Waals surface area contributed by atoms with Gasteiger partial charge >= 0.3 is 23.5 Å². The second-order valence-electron chi connectivity index (χ2n) is 13.1. The molecule has 8 atom stereocenters. The molecule has 0 saturated carbocycles. The van der Waals surface area contributed by atoms with Gasteiger partial charge in [0, 0.05) is 37.1 Å². The Bertz CT molecular complexity index is 1840. The maximum absolute atomic E-state index is 12.7. The summed E-state index contributed by atoms with van der Waals surface area (Å²) in [5.74, 6) is -1.28. The van der Waals surface area contributed by atoms with E-state index in [4.69, 9.17) is 25.3 Å². The summed E-state index contributed by atoms with van der Waals surface area (Å²) in [6.45, 7) is 0.729. The second kappa shape index (κ2) is 21.1. The van der Waals surface area contributed by atoms with Crippen molar-refractivity contribution in [2.45, 2.75) is 76.3 Å². The summed E-state index contributed by atoms with van der Waals surface area (Å²) in [5, 5.41) is 35.8. The number of aliphatic hydroxyl groups is 3. The molecule has 1 aliphatic rings. The van der Waals surface area contributed by atoms with Crippen LogP contribution < -0.4 is 22.1 Å².